The summed E-state index contributed by atoms with van der Waals surface area (Å²) in [6.07, 6.45) is 0. The van der Waals surface area contributed by atoms with Crippen molar-refractivity contribution >= 4 is 21.8 Å². The van der Waals surface area contributed by atoms with Crippen molar-refractivity contribution in [1.82, 2.24) is 15.5 Å². The van der Waals surface area contributed by atoms with Crippen molar-refractivity contribution in [3.8, 4) is 11.3 Å². The van der Waals surface area contributed by atoms with E-state index in [1.807, 2.05) is 24.3 Å². The van der Waals surface area contributed by atoms with Gasteiger partial charge in [0.15, 0.2) is 0 Å². The number of carbonyl (C=O) groups is 1. The van der Waals surface area contributed by atoms with Crippen LogP contribution in [0.15, 0.2) is 53.0 Å². The molecule has 0 aliphatic heterocycles. The van der Waals surface area contributed by atoms with Crippen LogP contribution in [-0.4, -0.2) is 27.8 Å². The first-order chi connectivity index (χ1) is 12.8. The second kappa shape index (κ2) is 7.58. The fourth-order valence-corrected chi connectivity index (χ4v) is 2.84. The lowest BCUT2D eigenvalue weighted by Gasteiger charge is -2.24. The Morgan fingerprint density at radius 3 is 2.59 bits per heavy atom. The van der Waals surface area contributed by atoms with Gasteiger partial charge in [-0.05, 0) is 31.2 Å². The molecular formula is C19H16BrF2N3O2. The zero-order valence-electron chi connectivity index (χ0n) is 14.3. The van der Waals surface area contributed by atoms with Gasteiger partial charge < -0.3 is 10.4 Å². The minimum atomic E-state index is -1.71. The van der Waals surface area contributed by atoms with Crippen LogP contribution >= 0.6 is 15.9 Å². The number of nitrogens with zero attached hydrogens (tertiary/aromatic N) is 1. The fourth-order valence-electron chi connectivity index (χ4n) is 2.58. The van der Waals surface area contributed by atoms with Crippen LogP contribution in [0.4, 0.5) is 8.78 Å². The number of nitrogens with one attached hydrogen (secondary N) is 2. The van der Waals surface area contributed by atoms with E-state index in [1.165, 1.54) is 6.92 Å². The molecule has 0 unspecified atom stereocenters. The third kappa shape index (κ3) is 4.40. The standard InChI is InChI=1S/C19H16BrF2N3O2/c1-19(27,14-7-6-13(21)8-15(14)22)10-23-18(26)17-9-16(24-25-17)11-2-4-12(20)5-3-11/h2-9,27H,10H2,1H3,(H,23,26)(H,24,25)/t19-/m1/s1. The average Bonchev–Trinajstić information content (AvgIpc) is 3.10. The largest absolute Gasteiger partial charge is 0.383 e. The normalized spacial score (nSPS) is 13.2. The molecule has 0 aliphatic carbocycles. The highest BCUT2D eigenvalue weighted by atomic mass is 79.9. The SMILES string of the molecule is C[C@@](O)(CNC(=O)c1cc(-c2ccc(Br)cc2)n[nH]1)c1ccc(F)cc1F. The predicted octanol–water partition coefficient (Wildman–Crippen LogP) is 3.75. The number of hydrogen-bond donors (Lipinski definition) is 3. The summed E-state index contributed by atoms with van der Waals surface area (Å²) >= 11 is 3.35. The minimum absolute atomic E-state index is 0.107. The van der Waals surface area contributed by atoms with Crippen molar-refractivity contribution in [1.29, 1.82) is 0 Å². The summed E-state index contributed by atoms with van der Waals surface area (Å²) in [6, 6.07) is 11.9. The van der Waals surface area contributed by atoms with Gasteiger partial charge in [0.05, 0.1) is 12.2 Å². The van der Waals surface area contributed by atoms with Crippen LogP contribution in [0.2, 0.25) is 0 Å². The Morgan fingerprint density at radius 1 is 1.22 bits per heavy atom. The van der Waals surface area contributed by atoms with Gasteiger partial charge in [-0.1, -0.05) is 34.1 Å². The van der Waals surface area contributed by atoms with Crippen molar-refractivity contribution in [2.75, 3.05) is 6.54 Å². The van der Waals surface area contributed by atoms with Gasteiger partial charge in [0, 0.05) is 21.7 Å². The lowest BCUT2D eigenvalue weighted by atomic mass is 9.95. The monoisotopic (exact) mass is 435 g/mol. The summed E-state index contributed by atoms with van der Waals surface area (Å²) in [5, 5.41) is 19.7. The van der Waals surface area contributed by atoms with Crippen molar-refractivity contribution in [3.63, 3.8) is 0 Å². The Labute approximate surface area is 162 Å². The molecule has 2 aromatic carbocycles. The van der Waals surface area contributed by atoms with Crippen LogP contribution in [0.5, 0.6) is 0 Å². The highest BCUT2D eigenvalue weighted by molar-refractivity contribution is 9.10. The zero-order valence-corrected chi connectivity index (χ0v) is 15.8. The second-order valence-corrected chi connectivity index (χ2v) is 7.17. The maximum Gasteiger partial charge on any atom is 0.269 e. The molecule has 3 N–H and O–H groups in total. The van der Waals surface area contributed by atoms with Crippen molar-refractivity contribution < 1.29 is 18.7 Å². The molecule has 1 aromatic heterocycles. The first-order valence-electron chi connectivity index (χ1n) is 8.04. The lowest BCUT2D eigenvalue weighted by Crippen LogP contribution is -2.39. The summed E-state index contributed by atoms with van der Waals surface area (Å²) in [4.78, 5) is 12.3. The van der Waals surface area contributed by atoms with Crippen LogP contribution in [0.1, 0.15) is 23.0 Å². The second-order valence-electron chi connectivity index (χ2n) is 6.25. The first kappa shape index (κ1) is 19.2. The van der Waals surface area contributed by atoms with Gasteiger partial charge >= 0.3 is 0 Å². The van der Waals surface area contributed by atoms with Gasteiger partial charge in [-0.3, -0.25) is 9.89 Å². The topological polar surface area (TPSA) is 78.0 Å². The Hall–Kier alpha value is -2.58. The maximum atomic E-state index is 13.9. The molecule has 0 bridgehead atoms. The number of carbonyl (C=O) groups excluding carboxylic acids is 1. The van der Waals surface area contributed by atoms with Gasteiger partial charge in [0.2, 0.25) is 0 Å². The number of H-pyrrole nitrogens is 1. The molecule has 0 spiro atoms. The van der Waals surface area contributed by atoms with E-state index < -0.39 is 23.1 Å². The Kier molecular flexibility index (Phi) is 5.38. The molecule has 3 aromatic rings. The molecule has 0 radical (unpaired) electrons. The smallest absolute Gasteiger partial charge is 0.269 e. The number of hydrogen-bond acceptors (Lipinski definition) is 3. The summed E-state index contributed by atoms with van der Waals surface area (Å²) in [7, 11) is 0. The molecule has 5 nitrogen and oxygen atoms in total. The molecule has 140 valence electrons. The molecule has 8 heteroatoms. The van der Waals surface area contributed by atoms with Crippen molar-refractivity contribution in [2.24, 2.45) is 0 Å². The Balaban J connectivity index is 1.69. The third-order valence-electron chi connectivity index (χ3n) is 4.07. The van der Waals surface area contributed by atoms with E-state index in [4.69, 9.17) is 0 Å². The van der Waals surface area contributed by atoms with Crippen LogP contribution in [0.25, 0.3) is 11.3 Å². The van der Waals surface area contributed by atoms with E-state index >= 15 is 0 Å². The number of aliphatic hydroxyl groups is 1. The van der Waals surface area contributed by atoms with Crippen molar-refractivity contribution in [2.45, 2.75) is 12.5 Å². The van der Waals surface area contributed by atoms with Gasteiger partial charge in [0.25, 0.3) is 5.91 Å². The maximum absolute atomic E-state index is 13.9. The average molecular weight is 436 g/mol. The van der Waals surface area contributed by atoms with Crippen LogP contribution in [0, 0.1) is 11.6 Å². The van der Waals surface area contributed by atoms with E-state index in [1.54, 1.807) is 6.07 Å². The minimum Gasteiger partial charge on any atom is -0.383 e. The zero-order chi connectivity index (χ0) is 19.6. The molecule has 27 heavy (non-hydrogen) atoms. The number of aromatic amines is 1. The molecule has 1 amide bonds. The highest BCUT2D eigenvalue weighted by Crippen LogP contribution is 2.24. The molecule has 0 saturated heterocycles. The molecule has 0 fully saturated rings. The summed E-state index contributed by atoms with van der Waals surface area (Å²) in [5.74, 6) is -2.13. The number of rotatable bonds is 5. The molecule has 1 heterocycles. The van der Waals surface area contributed by atoms with E-state index in [9.17, 15) is 18.7 Å². The summed E-state index contributed by atoms with van der Waals surface area (Å²) in [6.45, 7) is 1.07. The van der Waals surface area contributed by atoms with Gasteiger partial charge in [0.1, 0.15) is 22.9 Å². The number of benzene rings is 2. The number of halogens is 3. The number of amides is 1. The van der Waals surface area contributed by atoms with Gasteiger partial charge in [-0.2, -0.15) is 5.10 Å². The Morgan fingerprint density at radius 2 is 1.93 bits per heavy atom. The van der Waals surface area contributed by atoms with E-state index in [-0.39, 0.29) is 17.8 Å². The first-order valence-corrected chi connectivity index (χ1v) is 8.83. The Bertz CT molecular complexity index is 971. The summed E-state index contributed by atoms with van der Waals surface area (Å²) in [5.41, 5.74) is -0.201. The third-order valence-corrected chi connectivity index (χ3v) is 4.60. The lowest BCUT2D eigenvalue weighted by molar-refractivity contribution is 0.0493. The van der Waals surface area contributed by atoms with E-state index in [2.05, 4.69) is 31.4 Å². The molecule has 3 rings (SSSR count). The molecule has 0 aliphatic rings. The van der Waals surface area contributed by atoms with Gasteiger partial charge in [-0.25, -0.2) is 8.78 Å². The quantitative estimate of drug-likeness (QED) is 0.570. The van der Waals surface area contributed by atoms with E-state index in [0.29, 0.717) is 11.8 Å². The van der Waals surface area contributed by atoms with Gasteiger partial charge in [-0.15, -0.1) is 0 Å². The summed E-state index contributed by atoms with van der Waals surface area (Å²) < 4.78 is 27.8. The van der Waals surface area contributed by atoms with Crippen LogP contribution in [-0.2, 0) is 5.60 Å². The molecular weight excluding hydrogens is 420 g/mol. The highest BCUT2D eigenvalue weighted by Gasteiger charge is 2.28. The fraction of sp³-hybridized carbons (Fsp3) is 0.158. The predicted molar refractivity (Wildman–Crippen MR) is 100.0 cm³/mol. The van der Waals surface area contributed by atoms with Crippen molar-refractivity contribution in [3.05, 3.63) is 75.9 Å². The molecule has 0 saturated carbocycles. The van der Waals surface area contributed by atoms with Crippen LogP contribution < -0.4 is 5.32 Å². The van der Waals surface area contributed by atoms with Crippen LogP contribution in [0.3, 0.4) is 0 Å². The molecule has 1 atom stereocenters. The van der Waals surface area contributed by atoms with E-state index in [0.717, 1.165) is 22.2 Å². The number of aromatic nitrogens is 2.